The zero-order valence-electron chi connectivity index (χ0n) is 15.7. The Morgan fingerprint density at radius 3 is 2.52 bits per heavy atom. The second-order valence-corrected chi connectivity index (χ2v) is 8.88. The van der Waals surface area contributed by atoms with Crippen LogP contribution in [-0.2, 0) is 22.4 Å². The number of carbonyl (C=O) groups is 3. The molecule has 0 spiro atoms. The summed E-state index contributed by atoms with van der Waals surface area (Å²) in [6.45, 7) is 2.17. The molecule has 0 radical (unpaired) electrons. The Bertz CT molecular complexity index is 743. The lowest BCUT2D eigenvalue weighted by Gasteiger charge is -2.31. The minimum Gasteiger partial charge on any atom is -0.550 e. The fraction of sp³-hybridized carbons (Fsp3) is 0.650. The molecule has 1 aromatic heterocycles. The maximum atomic E-state index is 12.8. The molecule has 0 saturated heterocycles. The molecule has 6 nitrogen and oxygen atoms in total. The van der Waals surface area contributed by atoms with Crippen molar-refractivity contribution in [3.63, 3.8) is 0 Å². The first kappa shape index (κ1) is 19.9. The van der Waals surface area contributed by atoms with E-state index >= 15 is 0 Å². The van der Waals surface area contributed by atoms with Gasteiger partial charge in [-0.3, -0.25) is 9.59 Å². The van der Waals surface area contributed by atoms with Gasteiger partial charge in [0.25, 0.3) is 5.91 Å². The lowest BCUT2D eigenvalue weighted by Crippen LogP contribution is -2.42. The Kier molecular flexibility index (Phi) is 6.19. The molecule has 3 N–H and O–H groups in total. The van der Waals surface area contributed by atoms with Gasteiger partial charge in [-0.05, 0) is 43.6 Å². The van der Waals surface area contributed by atoms with E-state index in [2.05, 4.69) is 12.2 Å². The highest BCUT2D eigenvalue weighted by Gasteiger charge is 2.34. The van der Waals surface area contributed by atoms with Crippen LogP contribution in [0.5, 0.6) is 0 Å². The molecule has 1 aromatic rings. The highest BCUT2D eigenvalue weighted by molar-refractivity contribution is 7.17. The van der Waals surface area contributed by atoms with Gasteiger partial charge < -0.3 is 21.0 Å². The fourth-order valence-electron chi connectivity index (χ4n) is 4.59. The molecule has 2 aliphatic carbocycles. The third-order valence-electron chi connectivity index (χ3n) is 5.95. The molecule has 2 amide bonds. The number of hydrogen-bond donors (Lipinski definition) is 2. The number of carboxylic acids is 1. The van der Waals surface area contributed by atoms with Gasteiger partial charge in [-0.1, -0.05) is 32.6 Å². The van der Waals surface area contributed by atoms with Crippen molar-refractivity contribution in [2.75, 3.05) is 5.32 Å². The Balaban J connectivity index is 1.83. The van der Waals surface area contributed by atoms with Gasteiger partial charge in [0, 0.05) is 22.7 Å². The monoisotopic (exact) mass is 391 g/mol. The number of aliphatic carboxylic acids is 1. The lowest BCUT2D eigenvalue weighted by molar-refractivity contribution is -0.313. The van der Waals surface area contributed by atoms with Gasteiger partial charge in [0.05, 0.1) is 5.56 Å². The van der Waals surface area contributed by atoms with Crippen LogP contribution in [0.4, 0.5) is 5.00 Å². The summed E-state index contributed by atoms with van der Waals surface area (Å²) in [4.78, 5) is 37.4. The van der Waals surface area contributed by atoms with Crippen LogP contribution in [0.2, 0.25) is 0 Å². The maximum absolute atomic E-state index is 12.8. The summed E-state index contributed by atoms with van der Waals surface area (Å²) in [7, 11) is 0. The Morgan fingerprint density at radius 2 is 1.89 bits per heavy atom. The number of nitrogens with two attached hydrogens (primary N) is 1. The third-order valence-corrected chi connectivity index (χ3v) is 7.12. The first-order chi connectivity index (χ1) is 12.9. The molecule has 1 fully saturated rings. The van der Waals surface area contributed by atoms with Gasteiger partial charge in [0.15, 0.2) is 0 Å². The maximum Gasteiger partial charge on any atom is 0.251 e. The Labute approximate surface area is 163 Å². The summed E-state index contributed by atoms with van der Waals surface area (Å²) in [6, 6.07) is 0. The number of rotatable bonds is 6. The normalized spacial score (nSPS) is 24.9. The number of anilines is 1. The fourth-order valence-corrected chi connectivity index (χ4v) is 5.96. The Hall–Kier alpha value is -1.89. The van der Waals surface area contributed by atoms with E-state index in [0.29, 0.717) is 29.3 Å². The number of amides is 2. The van der Waals surface area contributed by atoms with Crippen molar-refractivity contribution in [2.24, 2.45) is 23.5 Å². The van der Waals surface area contributed by atoms with Crippen LogP contribution in [0.15, 0.2) is 0 Å². The van der Waals surface area contributed by atoms with E-state index in [-0.39, 0.29) is 5.91 Å². The topological polar surface area (TPSA) is 112 Å². The first-order valence-corrected chi connectivity index (χ1v) is 10.7. The second kappa shape index (κ2) is 8.42. The Morgan fingerprint density at radius 1 is 1.19 bits per heavy atom. The van der Waals surface area contributed by atoms with Crippen molar-refractivity contribution in [1.29, 1.82) is 0 Å². The van der Waals surface area contributed by atoms with Crippen LogP contribution in [0.1, 0.15) is 72.7 Å². The molecule has 1 heterocycles. The lowest BCUT2D eigenvalue weighted by atomic mass is 9.78. The quantitative estimate of drug-likeness (QED) is 0.774. The first-order valence-electron chi connectivity index (χ1n) is 9.88. The number of nitrogens with one attached hydrogen (secondary N) is 1. The summed E-state index contributed by atoms with van der Waals surface area (Å²) < 4.78 is 0. The molecule has 2 aliphatic rings. The molecular weight excluding hydrogens is 364 g/mol. The summed E-state index contributed by atoms with van der Waals surface area (Å²) in [5, 5.41) is 14.7. The summed E-state index contributed by atoms with van der Waals surface area (Å²) in [5.41, 5.74) is 7.00. The zero-order chi connectivity index (χ0) is 19.6. The molecule has 0 unspecified atom stereocenters. The van der Waals surface area contributed by atoms with Crippen molar-refractivity contribution < 1.29 is 19.5 Å². The van der Waals surface area contributed by atoms with Crippen LogP contribution in [0, 0.1) is 17.8 Å². The van der Waals surface area contributed by atoms with Crippen molar-refractivity contribution in [3.05, 3.63) is 16.0 Å². The highest BCUT2D eigenvalue weighted by atomic mass is 32.1. The largest absolute Gasteiger partial charge is 0.550 e. The van der Waals surface area contributed by atoms with Crippen LogP contribution < -0.4 is 16.2 Å². The smallest absolute Gasteiger partial charge is 0.251 e. The molecule has 1 saturated carbocycles. The van der Waals surface area contributed by atoms with E-state index in [1.165, 1.54) is 11.3 Å². The SMILES string of the molecule is CCC[C@H]1CCc2c(sc(NC(=O)[C@H]3CCCC[C@@H]3C(=O)[O-])c2C(N)=O)C1. The second-order valence-electron chi connectivity index (χ2n) is 7.78. The van der Waals surface area contributed by atoms with Gasteiger partial charge in [0.2, 0.25) is 5.91 Å². The average Bonchev–Trinajstić information content (AvgIpc) is 2.99. The molecule has 27 heavy (non-hydrogen) atoms. The minimum absolute atomic E-state index is 0.338. The van der Waals surface area contributed by atoms with Gasteiger partial charge in [-0.25, -0.2) is 0 Å². The van der Waals surface area contributed by atoms with E-state index < -0.39 is 23.7 Å². The van der Waals surface area contributed by atoms with Crippen LogP contribution in [0.25, 0.3) is 0 Å². The minimum atomic E-state index is -1.17. The molecule has 7 heteroatoms. The predicted molar refractivity (Wildman–Crippen MR) is 102 cm³/mol. The zero-order valence-corrected chi connectivity index (χ0v) is 16.5. The summed E-state index contributed by atoms with van der Waals surface area (Å²) >= 11 is 1.43. The van der Waals surface area contributed by atoms with E-state index in [4.69, 9.17) is 5.73 Å². The van der Waals surface area contributed by atoms with E-state index in [1.54, 1.807) is 0 Å². The molecule has 3 atom stereocenters. The standard InChI is InChI=1S/C20H28N2O4S/c1-2-5-11-8-9-14-15(10-11)27-19(16(14)17(21)23)22-18(24)12-6-3-4-7-13(12)20(25)26/h11-13H,2-10H2,1H3,(H2,21,23)(H,22,24)(H,25,26)/p-1/t11-,12-,13-/m0/s1. The summed E-state index contributed by atoms with van der Waals surface area (Å²) in [6.07, 6.45) is 7.63. The molecule has 3 rings (SSSR count). The van der Waals surface area contributed by atoms with Crippen molar-refractivity contribution in [2.45, 2.75) is 64.7 Å². The van der Waals surface area contributed by atoms with Gasteiger partial charge >= 0.3 is 0 Å². The number of thiophene rings is 1. The van der Waals surface area contributed by atoms with Crippen LogP contribution in [0.3, 0.4) is 0 Å². The average molecular weight is 392 g/mol. The molecular formula is C20H27N2O4S-. The van der Waals surface area contributed by atoms with Gasteiger partial charge in [0.1, 0.15) is 5.00 Å². The van der Waals surface area contributed by atoms with Crippen molar-refractivity contribution in [1.82, 2.24) is 0 Å². The van der Waals surface area contributed by atoms with Gasteiger partial charge in [-0.15, -0.1) is 11.3 Å². The molecule has 0 aromatic carbocycles. The van der Waals surface area contributed by atoms with Crippen LogP contribution in [-0.4, -0.2) is 17.8 Å². The van der Waals surface area contributed by atoms with Crippen LogP contribution >= 0.6 is 11.3 Å². The number of primary amides is 1. The van der Waals surface area contributed by atoms with Gasteiger partial charge in [-0.2, -0.15) is 0 Å². The van der Waals surface area contributed by atoms with Crippen molar-refractivity contribution in [3.8, 4) is 0 Å². The third kappa shape index (κ3) is 4.18. The molecule has 148 valence electrons. The van der Waals surface area contributed by atoms with E-state index in [9.17, 15) is 19.5 Å². The van der Waals surface area contributed by atoms with E-state index in [0.717, 1.165) is 55.4 Å². The predicted octanol–water partition coefficient (Wildman–Crippen LogP) is 2.25. The summed E-state index contributed by atoms with van der Waals surface area (Å²) in [5.74, 6) is -2.81. The number of carboxylic acid groups (broad SMARTS) is 1. The number of hydrogen-bond acceptors (Lipinski definition) is 5. The van der Waals surface area contributed by atoms with Crippen molar-refractivity contribution >= 4 is 34.1 Å². The number of fused-ring (bicyclic) bond motifs is 1. The van der Waals surface area contributed by atoms with E-state index in [1.807, 2.05) is 0 Å². The number of carbonyl (C=O) groups excluding carboxylic acids is 3. The molecule has 0 bridgehead atoms. The highest BCUT2D eigenvalue weighted by Crippen LogP contribution is 2.41. The molecule has 0 aliphatic heterocycles.